The Morgan fingerprint density at radius 2 is 1.79 bits per heavy atom. The van der Waals surface area contributed by atoms with E-state index in [9.17, 15) is 5.11 Å². The predicted molar refractivity (Wildman–Crippen MR) is 164 cm³/mol. The van der Waals surface area contributed by atoms with Crippen LogP contribution in [0.25, 0.3) is 22.8 Å². The lowest BCUT2D eigenvalue weighted by Crippen LogP contribution is -2.58. The molecule has 9 nitrogen and oxygen atoms in total. The largest absolute Gasteiger partial charge is 0.507 e. The van der Waals surface area contributed by atoms with Gasteiger partial charge in [-0.2, -0.15) is 55.3 Å². The van der Waals surface area contributed by atoms with Crippen LogP contribution in [0.5, 0.6) is 5.75 Å². The van der Waals surface area contributed by atoms with Gasteiger partial charge in [-0.25, -0.2) is 9.37 Å². The van der Waals surface area contributed by atoms with Crippen molar-refractivity contribution in [2.75, 3.05) is 4.90 Å². The number of thiol groups is 5. The molecular formula is C24H29FN8OS5. The van der Waals surface area contributed by atoms with Gasteiger partial charge in [0, 0.05) is 5.56 Å². The fourth-order valence-electron chi connectivity index (χ4n) is 6.39. The number of halogens is 1. The number of aromatic hydroxyl groups is 1. The molecule has 2 aromatic heterocycles. The molecule has 3 aliphatic carbocycles. The molecule has 6 rings (SSSR count). The van der Waals surface area contributed by atoms with Crippen LogP contribution in [0.4, 0.5) is 10.2 Å². The Kier molecular flexibility index (Phi) is 6.61. The molecule has 4 atom stereocenters. The van der Waals surface area contributed by atoms with Crippen molar-refractivity contribution in [3.8, 4) is 28.5 Å². The average Bonchev–Trinajstić information content (AvgIpc) is 3.18. The van der Waals surface area contributed by atoms with Crippen LogP contribution in [0.15, 0.2) is 24.4 Å². The number of aromatic nitrogens is 7. The number of fused-ring (bicyclic) bond motifs is 2. The van der Waals surface area contributed by atoms with Crippen LogP contribution in [0.3, 0.4) is 0 Å². The highest BCUT2D eigenvalue weighted by Gasteiger charge is 2.85. The third kappa shape index (κ3) is 4.16. The number of tetrazole rings is 1. The van der Waals surface area contributed by atoms with Crippen molar-refractivity contribution < 1.29 is 9.50 Å². The summed E-state index contributed by atoms with van der Waals surface area (Å²) >= 11 is 23.9. The highest BCUT2D eigenvalue weighted by atomic mass is 32.2. The maximum Gasteiger partial charge on any atom is 0.205 e. The lowest BCUT2D eigenvalue weighted by molar-refractivity contribution is 0.00879. The molecule has 0 amide bonds. The van der Waals surface area contributed by atoms with E-state index in [0.29, 0.717) is 29.2 Å². The highest BCUT2D eigenvalue weighted by molar-refractivity contribution is 8.13. The van der Waals surface area contributed by atoms with Crippen molar-refractivity contribution in [1.29, 1.82) is 0 Å². The van der Waals surface area contributed by atoms with Gasteiger partial charge in [0.15, 0.2) is 11.6 Å². The number of anilines is 1. The van der Waals surface area contributed by atoms with Gasteiger partial charge < -0.3 is 10.0 Å². The van der Waals surface area contributed by atoms with Crippen LogP contribution < -0.4 is 4.90 Å². The van der Waals surface area contributed by atoms with Crippen LogP contribution in [0.2, 0.25) is 0 Å². The second-order valence-corrected chi connectivity index (χ2v) is 15.3. The zero-order valence-corrected chi connectivity index (χ0v) is 25.7. The van der Waals surface area contributed by atoms with Crippen molar-refractivity contribution in [2.45, 2.75) is 64.3 Å². The summed E-state index contributed by atoms with van der Waals surface area (Å²) in [5, 5.41) is 31.4. The molecule has 3 saturated carbocycles. The SMILES string of the molecule is Cn1nnc(-c2ccc(-c3ncc(N([C@H]4C[C@]5(C)CCC[C@@H](C5)[C@H]4F)C4(S)C(S)(S)C4(S)S)nn3)c(O)c2)n1. The number of alkyl halides is 1. The normalized spacial score (nSPS) is 30.1. The molecule has 208 valence electrons. The van der Waals surface area contributed by atoms with E-state index in [-0.39, 0.29) is 22.9 Å². The molecule has 1 N–H and O–H groups in total. The summed E-state index contributed by atoms with van der Waals surface area (Å²) in [5.41, 5.74) is 0.971. The van der Waals surface area contributed by atoms with E-state index in [1.54, 1.807) is 24.1 Å². The first-order valence-electron chi connectivity index (χ1n) is 12.6. The van der Waals surface area contributed by atoms with Gasteiger partial charge in [0.2, 0.25) is 5.82 Å². The first-order chi connectivity index (χ1) is 18.3. The van der Waals surface area contributed by atoms with Gasteiger partial charge in [-0.3, -0.25) is 0 Å². The Hall–Kier alpha value is -1.42. The molecule has 3 fully saturated rings. The first-order valence-corrected chi connectivity index (χ1v) is 14.9. The molecule has 2 bridgehead atoms. The highest BCUT2D eigenvalue weighted by Crippen LogP contribution is 2.76. The molecule has 2 heterocycles. The van der Waals surface area contributed by atoms with Gasteiger partial charge in [0.25, 0.3) is 0 Å². The number of rotatable bonds is 5. The van der Waals surface area contributed by atoms with E-state index < -0.39 is 25.2 Å². The first kappa shape index (κ1) is 27.7. The van der Waals surface area contributed by atoms with Gasteiger partial charge in [0.1, 0.15) is 25.0 Å². The average molecular weight is 625 g/mol. The Bertz CT molecular complexity index is 1410. The molecule has 15 heteroatoms. The maximum absolute atomic E-state index is 16.2. The molecule has 3 aromatic rings. The Morgan fingerprint density at radius 1 is 1.05 bits per heavy atom. The van der Waals surface area contributed by atoms with Crippen LogP contribution in [0, 0.1) is 11.3 Å². The van der Waals surface area contributed by atoms with E-state index in [4.69, 9.17) is 63.1 Å². The second kappa shape index (κ2) is 9.30. The number of phenolic OH excluding ortho intramolecular Hbond substituents is 1. The van der Waals surface area contributed by atoms with Gasteiger partial charge in [-0.1, -0.05) is 19.4 Å². The monoisotopic (exact) mass is 624 g/mol. The van der Waals surface area contributed by atoms with E-state index in [1.165, 1.54) is 17.1 Å². The van der Waals surface area contributed by atoms with E-state index >= 15 is 4.39 Å². The lowest BCUT2D eigenvalue weighted by atomic mass is 9.60. The topological polar surface area (TPSA) is 106 Å². The fraction of sp³-hybridized carbons (Fsp3) is 0.583. The van der Waals surface area contributed by atoms with Crippen molar-refractivity contribution >= 4 is 69.0 Å². The smallest absolute Gasteiger partial charge is 0.205 e. The van der Waals surface area contributed by atoms with Gasteiger partial charge in [-0.05, 0) is 54.4 Å². The lowest BCUT2D eigenvalue weighted by Gasteiger charge is -2.52. The number of nitrogens with zero attached hydrogens (tertiary/aromatic N) is 8. The van der Waals surface area contributed by atoms with Gasteiger partial charge in [0.05, 0.1) is 24.8 Å². The molecule has 39 heavy (non-hydrogen) atoms. The van der Waals surface area contributed by atoms with Crippen molar-refractivity contribution in [1.82, 2.24) is 35.4 Å². The third-order valence-electron chi connectivity index (χ3n) is 8.51. The number of benzene rings is 1. The van der Waals surface area contributed by atoms with E-state index in [1.807, 2.05) is 0 Å². The second-order valence-electron chi connectivity index (χ2n) is 11.2. The van der Waals surface area contributed by atoms with Crippen LogP contribution >= 0.6 is 63.1 Å². The third-order valence-corrected chi connectivity index (χ3v) is 13.4. The molecule has 0 aliphatic heterocycles. The van der Waals surface area contributed by atoms with Gasteiger partial charge in [-0.15, -0.1) is 33.0 Å². The van der Waals surface area contributed by atoms with Crippen molar-refractivity contribution in [2.24, 2.45) is 18.4 Å². The summed E-state index contributed by atoms with van der Waals surface area (Å²) in [6.45, 7) is 2.23. The molecule has 1 aromatic carbocycles. The number of hydrogen-bond acceptors (Lipinski definition) is 13. The fourth-order valence-corrected chi connectivity index (χ4v) is 9.15. The number of aryl methyl sites for hydroxylation is 1. The van der Waals surface area contributed by atoms with E-state index in [2.05, 4.69) is 37.5 Å². The Labute approximate surface area is 253 Å². The summed E-state index contributed by atoms with van der Waals surface area (Å²) < 4.78 is 14.0. The summed E-state index contributed by atoms with van der Waals surface area (Å²) in [7, 11) is 1.66. The Balaban J connectivity index is 1.37. The summed E-state index contributed by atoms with van der Waals surface area (Å²) in [6, 6.07) is 4.37. The minimum atomic E-state index is -1.17. The molecule has 0 unspecified atom stereocenters. The number of hydrogen-bond donors (Lipinski definition) is 6. The van der Waals surface area contributed by atoms with E-state index in [0.717, 1.165) is 25.7 Å². The molecular weight excluding hydrogens is 596 g/mol. The van der Waals surface area contributed by atoms with Crippen molar-refractivity contribution in [3.63, 3.8) is 0 Å². The quantitative estimate of drug-likeness (QED) is 0.185. The van der Waals surface area contributed by atoms with Crippen LogP contribution in [0.1, 0.15) is 39.0 Å². The Morgan fingerprint density at radius 3 is 2.38 bits per heavy atom. The van der Waals surface area contributed by atoms with Crippen LogP contribution in [-0.2, 0) is 7.05 Å². The minimum Gasteiger partial charge on any atom is -0.507 e. The zero-order chi connectivity index (χ0) is 28.0. The van der Waals surface area contributed by atoms with Crippen molar-refractivity contribution in [3.05, 3.63) is 24.4 Å². The predicted octanol–water partition coefficient (Wildman–Crippen LogP) is 4.30. The summed E-state index contributed by atoms with van der Waals surface area (Å²) in [6.07, 6.45) is 4.81. The van der Waals surface area contributed by atoms with Crippen LogP contribution in [-0.4, -0.2) is 65.7 Å². The molecule has 0 spiro atoms. The molecule has 0 radical (unpaired) electrons. The van der Waals surface area contributed by atoms with Gasteiger partial charge >= 0.3 is 0 Å². The number of phenols is 1. The molecule has 0 saturated heterocycles. The standard InChI is InChI=1S/C24H29FN8OS5/c1-21-7-3-4-13(9-21)18(25)15(10-21)33(22(35)23(36,37)24(22,38)39)17-11-26-20(28-27-17)14-6-5-12(8-16(14)34)19-29-31-32(2)30-19/h5-6,8,11,13,15,18,34-39H,3-4,7,9-10H2,1-2H3/t13-,15-,18+,21+/m0/s1. The molecule has 3 aliphatic rings. The zero-order valence-electron chi connectivity index (χ0n) is 21.2. The minimum absolute atomic E-state index is 0.00544. The maximum atomic E-state index is 16.2. The summed E-state index contributed by atoms with van der Waals surface area (Å²) in [5.74, 6) is 0.786. The summed E-state index contributed by atoms with van der Waals surface area (Å²) in [4.78, 5) is 6.47.